The first-order valence-electron chi connectivity index (χ1n) is 5.01. The van der Waals surface area contributed by atoms with Gasteiger partial charge < -0.3 is 5.73 Å². The zero-order valence-corrected chi connectivity index (χ0v) is 8.76. The molecule has 0 atom stereocenters. The minimum atomic E-state index is -0.0678. The summed E-state index contributed by atoms with van der Waals surface area (Å²) in [5.41, 5.74) is 9.94. The molecule has 0 unspecified atom stereocenters. The molecule has 0 bridgehead atoms. The minimum absolute atomic E-state index is 0.0678. The van der Waals surface area contributed by atoms with E-state index < -0.39 is 0 Å². The van der Waals surface area contributed by atoms with Crippen LogP contribution in [0.1, 0.15) is 5.56 Å². The summed E-state index contributed by atoms with van der Waals surface area (Å²) < 4.78 is 1.62. The smallest absolute Gasteiger partial charge is 0.243 e. The van der Waals surface area contributed by atoms with Crippen molar-refractivity contribution in [3.05, 3.63) is 54.4 Å². The molecule has 0 aliphatic rings. The van der Waals surface area contributed by atoms with E-state index in [1.807, 2.05) is 24.3 Å². The Hall–Kier alpha value is -2.23. The van der Waals surface area contributed by atoms with Crippen LogP contribution in [0.5, 0.6) is 0 Å². The molecule has 2 rings (SSSR count). The van der Waals surface area contributed by atoms with Gasteiger partial charge in [-0.05, 0) is 29.8 Å². The lowest BCUT2D eigenvalue weighted by atomic mass is 10.1. The number of carbonyl (C=O) groups excluding carboxylic acids is 1. The number of anilines is 1. The van der Waals surface area contributed by atoms with Gasteiger partial charge in [-0.25, -0.2) is 0 Å². The third-order valence-electron chi connectivity index (χ3n) is 2.17. The summed E-state index contributed by atoms with van der Waals surface area (Å²) in [6.07, 6.45) is 3.87. The van der Waals surface area contributed by atoms with Gasteiger partial charge in [0.2, 0.25) is 5.91 Å². The van der Waals surface area contributed by atoms with Crippen LogP contribution in [0, 0.1) is 0 Å². The average molecular weight is 215 g/mol. The second-order valence-corrected chi connectivity index (χ2v) is 3.55. The van der Waals surface area contributed by atoms with Crippen LogP contribution in [0.3, 0.4) is 0 Å². The van der Waals surface area contributed by atoms with Gasteiger partial charge in [0.15, 0.2) is 0 Å². The molecule has 0 aliphatic carbocycles. The van der Waals surface area contributed by atoms with E-state index in [9.17, 15) is 4.79 Å². The standard InChI is InChI=1S/C12H13N3O/c13-11-5-3-4-10(8-11)9-12(16)14-15-6-1-2-7-15/h1-8H,9,13H2,(H,14,16). The minimum Gasteiger partial charge on any atom is -0.399 e. The van der Waals surface area contributed by atoms with Crippen LogP contribution in [-0.2, 0) is 11.2 Å². The SMILES string of the molecule is Nc1cccc(CC(=O)Nn2cccc2)c1. The maximum absolute atomic E-state index is 11.6. The lowest BCUT2D eigenvalue weighted by Gasteiger charge is -2.06. The number of hydrogen-bond acceptors (Lipinski definition) is 2. The molecule has 0 radical (unpaired) electrons. The molecule has 1 amide bonds. The van der Waals surface area contributed by atoms with Gasteiger partial charge in [0.1, 0.15) is 0 Å². The van der Waals surface area contributed by atoms with Crippen LogP contribution in [0.15, 0.2) is 48.8 Å². The van der Waals surface area contributed by atoms with E-state index in [-0.39, 0.29) is 5.91 Å². The van der Waals surface area contributed by atoms with Crippen molar-refractivity contribution in [3.63, 3.8) is 0 Å². The number of nitrogens with zero attached hydrogens (tertiary/aromatic N) is 1. The number of aromatic nitrogens is 1. The summed E-state index contributed by atoms with van der Waals surface area (Å²) in [6, 6.07) is 11.0. The molecular formula is C12H13N3O. The van der Waals surface area contributed by atoms with Crippen molar-refractivity contribution in [1.82, 2.24) is 4.68 Å². The van der Waals surface area contributed by atoms with Crippen molar-refractivity contribution >= 4 is 11.6 Å². The molecule has 0 saturated heterocycles. The fourth-order valence-electron chi connectivity index (χ4n) is 1.48. The van der Waals surface area contributed by atoms with Crippen LogP contribution in [-0.4, -0.2) is 10.6 Å². The highest BCUT2D eigenvalue weighted by atomic mass is 16.2. The zero-order chi connectivity index (χ0) is 11.4. The molecule has 1 aromatic carbocycles. The summed E-state index contributed by atoms with van der Waals surface area (Å²) in [5.74, 6) is -0.0678. The van der Waals surface area contributed by atoms with Gasteiger partial charge in [-0.3, -0.25) is 14.9 Å². The number of nitrogen functional groups attached to an aromatic ring is 1. The molecular weight excluding hydrogens is 202 g/mol. The summed E-state index contributed by atoms with van der Waals surface area (Å²) in [7, 11) is 0. The summed E-state index contributed by atoms with van der Waals surface area (Å²) in [4.78, 5) is 11.6. The van der Waals surface area contributed by atoms with Gasteiger partial charge in [-0.2, -0.15) is 0 Å². The first kappa shape index (κ1) is 10.3. The summed E-state index contributed by atoms with van der Waals surface area (Å²) in [5, 5.41) is 0. The highest BCUT2D eigenvalue weighted by Crippen LogP contribution is 2.07. The predicted molar refractivity (Wildman–Crippen MR) is 63.4 cm³/mol. The van der Waals surface area contributed by atoms with E-state index in [4.69, 9.17) is 5.73 Å². The molecule has 82 valence electrons. The number of nitrogens with one attached hydrogen (secondary N) is 1. The summed E-state index contributed by atoms with van der Waals surface area (Å²) in [6.45, 7) is 0. The molecule has 1 aromatic heterocycles. The van der Waals surface area contributed by atoms with E-state index in [0.717, 1.165) is 5.56 Å². The number of benzene rings is 1. The molecule has 0 aliphatic heterocycles. The average Bonchev–Trinajstić information content (AvgIpc) is 2.70. The van der Waals surface area contributed by atoms with Crippen molar-refractivity contribution in [2.45, 2.75) is 6.42 Å². The number of amides is 1. The van der Waals surface area contributed by atoms with Crippen LogP contribution in [0.4, 0.5) is 5.69 Å². The van der Waals surface area contributed by atoms with Gasteiger partial charge in [0, 0.05) is 18.1 Å². The molecule has 0 spiro atoms. The fraction of sp³-hybridized carbons (Fsp3) is 0.0833. The molecule has 3 N–H and O–H groups in total. The largest absolute Gasteiger partial charge is 0.399 e. The normalized spacial score (nSPS) is 10.0. The van der Waals surface area contributed by atoms with E-state index >= 15 is 0 Å². The van der Waals surface area contributed by atoms with E-state index in [1.165, 1.54) is 0 Å². The molecule has 0 saturated carbocycles. The van der Waals surface area contributed by atoms with Crippen molar-refractivity contribution in [2.75, 3.05) is 11.2 Å². The Bertz CT molecular complexity index is 477. The maximum Gasteiger partial charge on any atom is 0.243 e. The van der Waals surface area contributed by atoms with Crippen LogP contribution in [0.2, 0.25) is 0 Å². The summed E-state index contributed by atoms with van der Waals surface area (Å²) >= 11 is 0. The highest BCUT2D eigenvalue weighted by Gasteiger charge is 2.03. The fourth-order valence-corrected chi connectivity index (χ4v) is 1.48. The van der Waals surface area contributed by atoms with Gasteiger partial charge in [0.05, 0.1) is 6.42 Å². The lowest BCUT2D eigenvalue weighted by Crippen LogP contribution is -2.23. The third kappa shape index (κ3) is 2.63. The number of hydrogen-bond donors (Lipinski definition) is 2. The van der Waals surface area contributed by atoms with Crippen LogP contribution in [0.25, 0.3) is 0 Å². The van der Waals surface area contributed by atoms with Crippen LogP contribution < -0.4 is 11.2 Å². The van der Waals surface area contributed by atoms with E-state index in [1.54, 1.807) is 29.2 Å². The van der Waals surface area contributed by atoms with Crippen molar-refractivity contribution in [1.29, 1.82) is 0 Å². The van der Waals surface area contributed by atoms with Gasteiger partial charge in [0.25, 0.3) is 0 Å². The second kappa shape index (κ2) is 4.53. The third-order valence-corrected chi connectivity index (χ3v) is 2.17. The Morgan fingerprint density at radius 3 is 2.69 bits per heavy atom. The first-order chi connectivity index (χ1) is 7.74. The van der Waals surface area contributed by atoms with Crippen LogP contribution >= 0.6 is 0 Å². The molecule has 1 heterocycles. The second-order valence-electron chi connectivity index (χ2n) is 3.55. The lowest BCUT2D eigenvalue weighted by molar-refractivity contribution is -0.116. The first-order valence-corrected chi connectivity index (χ1v) is 5.01. The molecule has 2 aromatic rings. The molecule has 4 heteroatoms. The monoisotopic (exact) mass is 215 g/mol. The number of carbonyl (C=O) groups is 1. The molecule has 0 fully saturated rings. The Morgan fingerprint density at radius 2 is 2.00 bits per heavy atom. The van der Waals surface area contributed by atoms with Crippen molar-refractivity contribution in [2.24, 2.45) is 0 Å². The highest BCUT2D eigenvalue weighted by molar-refractivity contribution is 5.85. The molecule has 16 heavy (non-hydrogen) atoms. The Kier molecular flexibility index (Phi) is 2.91. The van der Waals surface area contributed by atoms with Crippen molar-refractivity contribution in [3.8, 4) is 0 Å². The quantitative estimate of drug-likeness (QED) is 0.760. The zero-order valence-electron chi connectivity index (χ0n) is 8.76. The van der Waals surface area contributed by atoms with Gasteiger partial charge >= 0.3 is 0 Å². The van der Waals surface area contributed by atoms with Gasteiger partial charge in [-0.1, -0.05) is 12.1 Å². The topological polar surface area (TPSA) is 60.1 Å². The Morgan fingerprint density at radius 1 is 1.25 bits per heavy atom. The van der Waals surface area contributed by atoms with Gasteiger partial charge in [-0.15, -0.1) is 0 Å². The van der Waals surface area contributed by atoms with E-state index in [2.05, 4.69) is 5.43 Å². The Balaban J connectivity index is 1.97. The van der Waals surface area contributed by atoms with E-state index in [0.29, 0.717) is 12.1 Å². The molecule has 4 nitrogen and oxygen atoms in total. The number of rotatable bonds is 3. The Labute approximate surface area is 93.7 Å². The van der Waals surface area contributed by atoms with Crippen molar-refractivity contribution < 1.29 is 4.79 Å². The number of nitrogens with two attached hydrogens (primary N) is 1. The maximum atomic E-state index is 11.6. The predicted octanol–water partition coefficient (Wildman–Crippen LogP) is 1.38.